The van der Waals surface area contributed by atoms with Crippen molar-refractivity contribution < 1.29 is 24.2 Å². The second-order valence-corrected chi connectivity index (χ2v) is 8.13. The Hall–Kier alpha value is -1.38. The molecule has 0 aromatic heterocycles. The third-order valence-corrected chi connectivity index (χ3v) is 5.88. The molecule has 3 aliphatic heterocycles. The lowest BCUT2D eigenvalue weighted by atomic mass is 10.0. The number of aliphatic hydroxyl groups is 1. The van der Waals surface area contributed by atoms with E-state index < -0.39 is 6.10 Å². The SMILES string of the molecule is COc1cc(CN2CCCCO2)ccc1OCC(O)CN1C[C@H]2COC[C@H]2C1. The molecule has 28 heavy (non-hydrogen) atoms. The first-order valence-electron chi connectivity index (χ1n) is 10.4. The molecule has 0 bridgehead atoms. The first-order chi connectivity index (χ1) is 13.7. The van der Waals surface area contributed by atoms with Crippen molar-refractivity contribution in [3.63, 3.8) is 0 Å². The van der Waals surface area contributed by atoms with E-state index in [1.807, 2.05) is 23.3 Å². The predicted molar refractivity (Wildman–Crippen MR) is 104 cm³/mol. The summed E-state index contributed by atoms with van der Waals surface area (Å²) in [6.07, 6.45) is 1.77. The van der Waals surface area contributed by atoms with Gasteiger partial charge in [0, 0.05) is 44.6 Å². The highest BCUT2D eigenvalue weighted by atomic mass is 16.7. The second-order valence-electron chi connectivity index (χ2n) is 8.13. The summed E-state index contributed by atoms with van der Waals surface area (Å²) in [6, 6.07) is 5.94. The number of rotatable bonds is 8. The molecular formula is C21H32N2O5. The molecule has 0 aliphatic carbocycles. The standard InChI is InChI=1S/C21H32N2O5/c1-25-21-8-16(9-23-6-2-3-7-28-23)4-5-20(21)27-15-19(24)12-22-10-17-13-26-14-18(17)11-22/h4-5,8,17-19,24H,2-3,6-7,9-15H2,1H3/t17-,18+,19?. The van der Waals surface area contributed by atoms with Gasteiger partial charge in [0.15, 0.2) is 11.5 Å². The van der Waals surface area contributed by atoms with E-state index in [0.29, 0.717) is 29.9 Å². The van der Waals surface area contributed by atoms with Crippen LogP contribution in [0.1, 0.15) is 18.4 Å². The minimum absolute atomic E-state index is 0.257. The minimum Gasteiger partial charge on any atom is -0.493 e. The summed E-state index contributed by atoms with van der Waals surface area (Å²) in [7, 11) is 1.64. The lowest BCUT2D eigenvalue weighted by Crippen LogP contribution is -2.35. The topological polar surface area (TPSA) is 63.6 Å². The fourth-order valence-corrected chi connectivity index (χ4v) is 4.38. The van der Waals surface area contributed by atoms with Crippen LogP contribution in [0.3, 0.4) is 0 Å². The molecule has 3 heterocycles. The van der Waals surface area contributed by atoms with Crippen molar-refractivity contribution in [2.45, 2.75) is 25.5 Å². The number of β-amino-alcohol motifs (C(OH)–C–C–N with tert-alkyl or cyclic N) is 1. The molecule has 0 radical (unpaired) electrons. The van der Waals surface area contributed by atoms with Gasteiger partial charge in [0.25, 0.3) is 0 Å². The van der Waals surface area contributed by atoms with Crippen LogP contribution in [-0.2, 0) is 16.1 Å². The summed E-state index contributed by atoms with van der Waals surface area (Å²) in [4.78, 5) is 8.00. The summed E-state index contributed by atoms with van der Waals surface area (Å²) in [5, 5.41) is 12.4. The number of hydroxylamine groups is 2. The largest absolute Gasteiger partial charge is 0.493 e. The number of hydrogen-bond donors (Lipinski definition) is 1. The third kappa shape index (κ3) is 4.96. The minimum atomic E-state index is -0.522. The van der Waals surface area contributed by atoms with Crippen LogP contribution in [0.5, 0.6) is 11.5 Å². The van der Waals surface area contributed by atoms with E-state index in [9.17, 15) is 5.11 Å². The van der Waals surface area contributed by atoms with Crippen molar-refractivity contribution in [1.82, 2.24) is 9.96 Å². The van der Waals surface area contributed by atoms with E-state index in [0.717, 1.165) is 58.0 Å². The fraction of sp³-hybridized carbons (Fsp3) is 0.714. The van der Waals surface area contributed by atoms with Crippen molar-refractivity contribution in [2.75, 3.05) is 59.7 Å². The smallest absolute Gasteiger partial charge is 0.161 e. The molecule has 0 spiro atoms. The molecule has 1 unspecified atom stereocenters. The average molecular weight is 392 g/mol. The van der Waals surface area contributed by atoms with Crippen LogP contribution in [0.15, 0.2) is 18.2 Å². The van der Waals surface area contributed by atoms with Gasteiger partial charge in [-0.2, -0.15) is 5.06 Å². The van der Waals surface area contributed by atoms with Crippen molar-refractivity contribution in [3.05, 3.63) is 23.8 Å². The zero-order valence-electron chi connectivity index (χ0n) is 16.7. The van der Waals surface area contributed by atoms with Gasteiger partial charge in [0.05, 0.1) is 26.9 Å². The Morgan fingerprint density at radius 3 is 2.71 bits per heavy atom. The molecule has 0 saturated carbocycles. The molecule has 3 saturated heterocycles. The highest BCUT2D eigenvalue weighted by Gasteiger charge is 2.37. The fourth-order valence-electron chi connectivity index (χ4n) is 4.38. The van der Waals surface area contributed by atoms with Gasteiger partial charge in [-0.3, -0.25) is 9.74 Å². The lowest BCUT2D eigenvalue weighted by Gasteiger charge is -2.26. The van der Waals surface area contributed by atoms with Crippen LogP contribution >= 0.6 is 0 Å². The molecule has 7 heteroatoms. The molecule has 3 aliphatic rings. The number of ether oxygens (including phenoxy) is 3. The molecular weight excluding hydrogens is 360 g/mol. The summed E-state index contributed by atoms with van der Waals surface area (Å²) in [5.74, 6) is 2.61. The van der Waals surface area contributed by atoms with Crippen LogP contribution in [0.2, 0.25) is 0 Å². The van der Waals surface area contributed by atoms with E-state index in [1.165, 1.54) is 6.42 Å². The first kappa shape index (κ1) is 19.9. The van der Waals surface area contributed by atoms with Crippen LogP contribution in [0, 0.1) is 11.8 Å². The van der Waals surface area contributed by atoms with E-state index in [1.54, 1.807) is 7.11 Å². The normalized spacial score (nSPS) is 26.9. The van der Waals surface area contributed by atoms with Crippen LogP contribution in [0.25, 0.3) is 0 Å². The molecule has 4 rings (SSSR count). The summed E-state index contributed by atoms with van der Waals surface area (Å²) in [6.45, 7) is 7.13. The van der Waals surface area contributed by atoms with Gasteiger partial charge in [-0.1, -0.05) is 6.07 Å². The number of likely N-dealkylation sites (tertiary alicyclic amines) is 1. The number of benzene rings is 1. The summed E-state index contributed by atoms with van der Waals surface area (Å²) < 4.78 is 16.9. The summed E-state index contributed by atoms with van der Waals surface area (Å²) >= 11 is 0. The average Bonchev–Trinajstić information content (AvgIpc) is 3.29. The van der Waals surface area contributed by atoms with Crippen molar-refractivity contribution in [3.8, 4) is 11.5 Å². The molecule has 7 nitrogen and oxygen atoms in total. The maximum absolute atomic E-state index is 10.4. The summed E-state index contributed by atoms with van der Waals surface area (Å²) in [5.41, 5.74) is 1.12. The van der Waals surface area contributed by atoms with E-state index in [-0.39, 0.29) is 6.61 Å². The maximum Gasteiger partial charge on any atom is 0.161 e. The Labute approximate surface area is 167 Å². The van der Waals surface area contributed by atoms with Gasteiger partial charge in [-0.15, -0.1) is 0 Å². The van der Waals surface area contributed by atoms with Gasteiger partial charge in [0.2, 0.25) is 0 Å². The monoisotopic (exact) mass is 392 g/mol. The van der Waals surface area contributed by atoms with Crippen LogP contribution < -0.4 is 9.47 Å². The first-order valence-corrected chi connectivity index (χ1v) is 10.4. The quantitative estimate of drug-likeness (QED) is 0.720. The van der Waals surface area contributed by atoms with Crippen LogP contribution in [-0.4, -0.2) is 80.9 Å². The number of aliphatic hydroxyl groups excluding tert-OH is 1. The van der Waals surface area contributed by atoms with E-state index in [2.05, 4.69) is 4.90 Å². The Morgan fingerprint density at radius 1 is 1.18 bits per heavy atom. The molecule has 0 amide bonds. The zero-order chi connectivity index (χ0) is 19.3. The highest BCUT2D eigenvalue weighted by Crippen LogP contribution is 2.30. The van der Waals surface area contributed by atoms with E-state index >= 15 is 0 Å². The van der Waals surface area contributed by atoms with Gasteiger partial charge >= 0.3 is 0 Å². The highest BCUT2D eigenvalue weighted by molar-refractivity contribution is 5.43. The van der Waals surface area contributed by atoms with Gasteiger partial charge < -0.3 is 19.3 Å². The number of hydrogen-bond acceptors (Lipinski definition) is 7. The predicted octanol–water partition coefficient (Wildman–Crippen LogP) is 1.54. The van der Waals surface area contributed by atoms with Crippen molar-refractivity contribution in [1.29, 1.82) is 0 Å². The lowest BCUT2D eigenvalue weighted by molar-refractivity contribution is -0.187. The van der Waals surface area contributed by atoms with Gasteiger partial charge in [-0.25, -0.2) is 0 Å². The molecule has 3 atom stereocenters. The Bertz CT molecular complexity index is 625. The Balaban J connectivity index is 1.26. The van der Waals surface area contributed by atoms with Gasteiger partial charge in [0.1, 0.15) is 12.7 Å². The number of fused-ring (bicyclic) bond motifs is 1. The Morgan fingerprint density at radius 2 is 2.00 bits per heavy atom. The molecule has 3 fully saturated rings. The Kier molecular flexibility index (Phi) is 6.69. The van der Waals surface area contributed by atoms with Crippen molar-refractivity contribution >= 4 is 0 Å². The van der Waals surface area contributed by atoms with Crippen LogP contribution in [0.4, 0.5) is 0 Å². The van der Waals surface area contributed by atoms with Crippen molar-refractivity contribution in [2.24, 2.45) is 11.8 Å². The molecule has 1 N–H and O–H groups in total. The second kappa shape index (κ2) is 9.41. The number of nitrogens with zero attached hydrogens (tertiary/aromatic N) is 2. The zero-order valence-corrected chi connectivity index (χ0v) is 16.7. The van der Waals surface area contributed by atoms with Gasteiger partial charge in [-0.05, 0) is 30.5 Å². The third-order valence-electron chi connectivity index (χ3n) is 5.88. The molecule has 1 aromatic carbocycles. The molecule has 1 aromatic rings. The van der Waals surface area contributed by atoms with E-state index in [4.69, 9.17) is 19.0 Å². The maximum atomic E-state index is 10.4. The molecule has 156 valence electrons. The number of methoxy groups -OCH3 is 1.